The van der Waals surface area contributed by atoms with E-state index in [4.69, 9.17) is 64.4 Å². The van der Waals surface area contributed by atoms with Crippen LogP contribution in [0.3, 0.4) is 0 Å². The summed E-state index contributed by atoms with van der Waals surface area (Å²) in [5.74, 6) is -4.36. The quantitative estimate of drug-likeness (QED) is 0.0208. The Labute approximate surface area is 722 Å². The largest absolute Gasteiger partial charge is 0.497 e. The van der Waals surface area contributed by atoms with Crippen LogP contribution < -0.4 is 41.2 Å². The van der Waals surface area contributed by atoms with E-state index in [-0.39, 0.29) is 99.9 Å². The standard InChI is InChI=1S/C32H42N4O7.C27H34N2O5.C21H28N2O4.C6H11NO3.C5H7NO2.CH4/c1-32(21-43-32)30(39)27(18-22-5-3-4-6-22)35-31(40)24(17-23-7-9-25(41-2)10-8-23)19-28(37)26(11-12-33)34-29(38)20-36-13-15-42-16-14-36;1-18(12-13-28)24(30)16-21(14-20-8-10-22(33-3)11-9-20)26(32)29-23(15-19-6-4-5-7-19)25(31)27(2)17-34-27;1-21(13-27-21)19(24)18(12-14-5-3-4-6-14)23-20(25)17(22)11-15-7-9-16(26-2)10-8-15;8-6(9)5-7-1-3-10-4-2-7;1-4(2-3-6)5(7)8;/h5,7-10,24,26-27H,3-4,6,11,13-21H2,1-2H3,(H,34,38)(H,35,40);6,8-11,18,21,23H,4-5,7,12,14-17H2,1-3H3,(H,29,32);5,7-10,17-18H,3-4,6,11-13,22H2,1-2H3,(H,23,25);1-5H2,(H,8,9);4H,2H2,1H3,(H,7,8);1H4/t24-,26+,27+,32-;18-,21+,23-,27+;17-,18-,21+;;4-;/m100.0./s1. The SMILES string of the molecule is C.COc1ccc(C[C@H](CC(=O)[C@@H](C)CC#N)C(=O)N[C@@H](CC2=CCCC2)C(=O)[C@@]2(C)CO2)cc1.COc1ccc(C[C@H](CC(=O)[C@H](CC#N)NC(=O)CN2CCOCC2)C(=O)N[C@@H](CC2=CCCC2)C(=O)[C@@]2(C)CO2)cc1.COc1ccc(C[C@H](N)C(=O)N[C@@H](CC2=CCCC2)C(=O)[C@@]2(C)CO2)cc1.C[C@@H](CC#N)C(=O)O.O=C(O)CN1CCOCC1. The molecular formula is C92H126N10O21. The Morgan fingerprint density at radius 3 is 1.11 bits per heavy atom. The van der Waals surface area contributed by atoms with Crippen molar-refractivity contribution in [2.75, 3.05) is 107 Å². The number of nitriles is 3. The predicted molar refractivity (Wildman–Crippen MR) is 455 cm³/mol. The van der Waals surface area contributed by atoms with Gasteiger partial charge in [-0.05, 0) is 170 Å². The number of hydrogen-bond acceptors (Lipinski definition) is 25. The molecule has 12 atom stereocenters. The van der Waals surface area contributed by atoms with Gasteiger partial charge in [0.05, 0.1) is 135 Å². The fourth-order valence-corrected chi connectivity index (χ4v) is 14.4. The summed E-state index contributed by atoms with van der Waals surface area (Å²) in [5, 5.41) is 54.4. The molecule has 123 heavy (non-hydrogen) atoms. The minimum absolute atomic E-state index is 0. The first kappa shape index (κ1) is 101. The molecule has 0 radical (unpaired) electrons. The predicted octanol–water partition coefficient (Wildman–Crippen LogP) is 8.16. The zero-order valence-corrected chi connectivity index (χ0v) is 71.7. The van der Waals surface area contributed by atoms with Gasteiger partial charge < -0.3 is 75.1 Å². The maximum Gasteiger partial charge on any atom is 0.317 e. The molecule has 0 aromatic heterocycles. The van der Waals surface area contributed by atoms with Crippen LogP contribution in [0, 0.1) is 57.7 Å². The van der Waals surface area contributed by atoms with Crippen molar-refractivity contribution in [3.05, 3.63) is 124 Å². The van der Waals surface area contributed by atoms with Gasteiger partial charge >= 0.3 is 11.9 Å². The third kappa shape index (κ3) is 34.7. The molecule has 5 saturated heterocycles. The lowest BCUT2D eigenvalue weighted by Gasteiger charge is -2.27. The van der Waals surface area contributed by atoms with Gasteiger partial charge in [0.2, 0.25) is 23.6 Å². The Morgan fingerprint density at radius 1 is 0.463 bits per heavy atom. The highest BCUT2D eigenvalue weighted by molar-refractivity contribution is 6.00. The van der Waals surface area contributed by atoms with Crippen LogP contribution in [0.15, 0.2) is 108 Å². The van der Waals surface area contributed by atoms with Crippen molar-refractivity contribution in [3.63, 3.8) is 0 Å². The van der Waals surface area contributed by atoms with Crippen LogP contribution in [0.1, 0.15) is 168 Å². The molecule has 11 rings (SSSR count). The summed E-state index contributed by atoms with van der Waals surface area (Å²) >= 11 is 0. The molecule has 31 heteroatoms. The molecule has 4 amide bonds. The van der Waals surface area contributed by atoms with Crippen LogP contribution in [0.5, 0.6) is 17.2 Å². The number of nitrogens with one attached hydrogen (secondary N) is 4. The number of Topliss-reactive ketones (excluding diaryl/α,β-unsaturated/α-hetero) is 5. The summed E-state index contributed by atoms with van der Waals surface area (Å²) < 4.78 is 42.0. The Balaban J connectivity index is 0.000000262. The Morgan fingerprint density at radius 2 is 0.797 bits per heavy atom. The van der Waals surface area contributed by atoms with Gasteiger partial charge in [0.25, 0.3) is 0 Å². The van der Waals surface area contributed by atoms with Crippen molar-refractivity contribution in [1.82, 2.24) is 31.1 Å². The van der Waals surface area contributed by atoms with Crippen LogP contribution in [0.4, 0.5) is 0 Å². The Kier molecular flexibility index (Phi) is 42.0. The number of hydrogen-bond donors (Lipinski definition) is 7. The molecule has 5 aliphatic heterocycles. The minimum Gasteiger partial charge on any atom is -0.497 e. The van der Waals surface area contributed by atoms with Crippen molar-refractivity contribution in [2.45, 2.75) is 217 Å². The monoisotopic (exact) mass is 1710 g/mol. The zero-order valence-electron chi connectivity index (χ0n) is 71.7. The average molecular weight is 1710 g/mol. The van der Waals surface area contributed by atoms with Gasteiger partial charge in [-0.2, -0.15) is 15.8 Å². The molecular weight excluding hydrogens is 1580 g/mol. The first-order valence-corrected chi connectivity index (χ1v) is 42.0. The zero-order chi connectivity index (χ0) is 88.9. The average Bonchev–Trinajstić information content (AvgIpc) is 1.65. The molecule has 3 aromatic rings. The highest BCUT2D eigenvalue weighted by Gasteiger charge is 2.53. The summed E-state index contributed by atoms with van der Waals surface area (Å²) in [6.07, 6.45) is 17.5. The van der Waals surface area contributed by atoms with E-state index in [2.05, 4.69) is 39.5 Å². The van der Waals surface area contributed by atoms with E-state index in [0.29, 0.717) is 103 Å². The van der Waals surface area contributed by atoms with E-state index in [9.17, 15) is 58.0 Å². The maximum atomic E-state index is 13.8. The van der Waals surface area contributed by atoms with Crippen LogP contribution in [-0.4, -0.2) is 238 Å². The number of morpholine rings is 2. The second kappa shape index (κ2) is 51.0. The summed E-state index contributed by atoms with van der Waals surface area (Å²) in [6, 6.07) is 24.0. The number of ether oxygens (including phenoxy) is 8. The molecule has 0 saturated carbocycles. The molecule has 5 fully saturated rings. The van der Waals surface area contributed by atoms with E-state index in [1.807, 2.05) is 82.6 Å². The van der Waals surface area contributed by atoms with Crippen molar-refractivity contribution < 1.29 is 101 Å². The van der Waals surface area contributed by atoms with Crippen LogP contribution >= 0.6 is 0 Å². The molecule has 670 valence electrons. The number of methoxy groups -OCH3 is 3. The van der Waals surface area contributed by atoms with E-state index in [1.165, 1.54) is 18.1 Å². The third-order valence-corrected chi connectivity index (χ3v) is 22.6. The highest BCUT2D eigenvalue weighted by Crippen LogP contribution is 2.35. The number of benzene rings is 3. The second-order valence-corrected chi connectivity index (χ2v) is 32.7. The number of carboxylic acids is 2. The summed E-state index contributed by atoms with van der Waals surface area (Å²) in [6.45, 7) is 14.8. The lowest BCUT2D eigenvalue weighted by atomic mass is 9.88. The fourth-order valence-electron chi connectivity index (χ4n) is 14.4. The van der Waals surface area contributed by atoms with Gasteiger partial charge in [-0.25, -0.2) is 0 Å². The topological polar surface area (TPSA) is 464 Å². The number of allylic oxidation sites excluding steroid dienone is 3. The summed E-state index contributed by atoms with van der Waals surface area (Å²) in [7, 11) is 4.75. The number of nitrogens with two attached hydrogens (primary N) is 1. The number of nitrogens with zero attached hydrogens (tertiary/aromatic N) is 5. The van der Waals surface area contributed by atoms with Gasteiger partial charge in [0.1, 0.15) is 45.9 Å². The van der Waals surface area contributed by atoms with Crippen molar-refractivity contribution in [1.29, 1.82) is 15.8 Å². The van der Waals surface area contributed by atoms with E-state index >= 15 is 0 Å². The van der Waals surface area contributed by atoms with Gasteiger partial charge in [-0.3, -0.25) is 62.5 Å². The van der Waals surface area contributed by atoms with Crippen LogP contribution in [-0.2, 0) is 95.7 Å². The molecule has 31 nitrogen and oxygen atoms in total. The Bertz CT molecular complexity index is 4250. The molecule has 3 aromatic carbocycles. The Hall–Kier alpha value is -10.4. The molecule has 0 bridgehead atoms. The van der Waals surface area contributed by atoms with Crippen molar-refractivity contribution in [3.8, 4) is 35.5 Å². The maximum absolute atomic E-state index is 13.8. The molecule has 0 unspecified atom stereocenters. The molecule has 3 aliphatic carbocycles. The number of carbonyl (C=O) groups is 11. The lowest BCUT2D eigenvalue weighted by Crippen LogP contribution is -2.51. The van der Waals surface area contributed by atoms with E-state index in [1.54, 1.807) is 67.2 Å². The minimum atomic E-state index is -1.05. The molecule has 8 aliphatic rings. The van der Waals surface area contributed by atoms with Crippen LogP contribution in [0.25, 0.3) is 0 Å². The summed E-state index contributed by atoms with van der Waals surface area (Å²) in [4.78, 5) is 142. The van der Waals surface area contributed by atoms with E-state index in [0.717, 1.165) is 98.9 Å². The van der Waals surface area contributed by atoms with Gasteiger partial charge in [-0.15, -0.1) is 0 Å². The fraction of sp³-hybridized carbons (Fsp3) is 0.587. The second-order valence-electron chi connectivity index (χ2n) is 32.7. The van der Waals surface area contributed by atoms with Crippen molar-refractivity contribution >= 4 is 64.5 Å². The molecule has 0 spiro atoms. The number of rotatable bonds is 42. The summed E-state index contributed by atoms with van der Waals surface area (Å²) in [5.41, 5.74) is 9.73. The number of epoxide rings is 3. The number of amides is 4. The number of ketones is 5. The first-order valence-electron chi connectivity index (χ1n) is 42.0. The van der Waals surface area contributed by atoms with Gasteiger partial charge in [0.15, 0.2) is 23.1 Å². The van der Waals surface area contributed by atoms with Crippen LogP contribution in [0.2, 0.25) is 0 Å². The molecule has 5 heterocycles. The van der Waals surface area contributed by atoms with Gasteiger partial charge in [-0.1, -0.05) is 92.6 Å². The van der Waals surface area contributed by atoms with Crippen molar-refractivity contribution in [2.24, 2.45) is 29.4 Å². The lowest BCUT2D eigenvalue weighted by molar-refractivity contribution is -0.141. The van der Waals surface area contributed by atoms with Gasteiger partial charge in [0, 0.05) is 69.6 Å². The first-order chi connectivity index (χ1) is 58.3. The number of aliphatic carboxylic acids is 2. The normalized spacial score (nSPS) is 21.2. The highest BCUT2D eigenvalue weighted by atomic mass is 16.6. The number of carbonyl (C=O) groups excluding carboxylic acids is 9. The smallest absolute Gasteiger partial charge is 0.317 e. The van der Waals surface area contributed by atoms with E-state index < -0.39 is 94.3 Å². The third-order valence-electron chi connectivity index (χ3n) is 22.6. The molecule has 8 N–H and O–H groups in total. The number of carboxylic acid groups (broad SMARTS) is 2.